The summed E-state index contributed by atoms with van der Waals surface area (Å²) in [7, 11) is 0. The molecule has 4 heteroatoms. The average Bonchev–Trinajstić information content (AvgIpc) is 3.01. The molecule has 1 atom stereocenters. The minimum Gasteiger partial charge on any atom is -0.330 e. The summed E-state index contributed by atoms with van der Waals surface area (Å²) in [6.45, 7) is 9.17. The van der Waals surface area contributed by atoms with Gasteiger partial charge in [0.05, 0.1) is 11.0 Å². The van der Waals surface area contributed by atoms with E-state index in [0.29, 0.717) is 5.92 Å². The second-order valence-corrected chi connectivity index (χ2v) is 6.51. The highest BCUT2D eigenvalue weighted by molar-refractivity contribution is 7.71. The lowest BCUT2D eigenvalue weighted by Crippen LogP contribution is -2.27. The summed E-state index contributed by atoms with van der Waals surface area (Å²) in [5, 5.41) is 0. The quantitative estimate of drug-likeness (QED) is 0.867. The smallest absolute Gasteiger partial charge is 0.178 e. The van der Waals surface area contributed by atoms with Gasteiger partial charge < -0.3 is 14.5 Å². The van der Waals surface area contributed by atoms with E-state index in [9.17, 15) is 0 Å². The molecular formula is C16H23N3S. The number of nitrogens with zero attached hydrogens (tertiary/aromatic N) is 2. The van der Waals surface area contributed by atoms with Crippen LogP contribution >= 0.6 is 12.2 Å². The first-order valence-electron chi connectivity index (χ1n) is 7.55. The monoisotopic (exact) mass is 289 g/mol. The van der Waals surface area contributed by atoms with Crippen molar-refractivity contribution in [1.29, 1.82) is 0 Å². The van der Waals surface area contributed by atoms with E-state index in [4.69, 9.17) is 12.2 Å². The fraction of sp³-hybridized carbons (Fsp3) is 0.562. The summed E-state index contributed by atoms with van der Waals surface area (Å²) in [5.41, 5.74) is 3.69. The zero-order chi connectivity index (χ0) is 14.1. The van der Waals surface area contributed by atoms with Crippen molar-refractivity contribution >= 4 is 23.3 Å². The molecule has 1 aliphatic heterocycles. The van der Waals surface area contributed by atoms with Gasteiger partial charge in [-0.25, -0.2) is 0 Å². The molecule has 0 spiro atoms. The van der Waals surface area contributed by atoms with Gasteiger partial charge in [0.1, 0.15) is 0 Å². The van der Waals surface area contributed by atoms with Crippen molar-refractivity contribution in [1.82, 2.24) is 14.5 Å². The normalized spacial score (nSPS) is 17.9. The van der Waals surface area contributed by atoms with Crippen LogP contribution in [0, 0.1) is 17.6 Å². The predicted octanol–water partition coefficient (Wildman–Crippen LogP) is 3.74. The Labute approximate surface area is 125 Å². The summed E-state index contributed by atoms with van der Waals surface area (Å²) in [4.78, 5) is 5.94. The van der Waals surface area contributed by atoms with Gasteiger partial charge in [-0.15, -0.1) is 0 Å². The summed E-state index contributed by atoms with van der Waals surface area (Å²) >= 11 is 5.51. The van der Waals surface area contributed by atoms with Crippen molar-refractivity contribution in [3.8, 4) is 0 Å². The first-order valence-corrected chi connectivity index (χ1v) is 7.96. The number of H-pyrrole nitrogens is 1. The molecule has 3 rings (SSSR count). The number of hydrogen-bond acceptors (Lipinski definition) is 2. The molecule has 20 heavy (non-hydrogen) atoms. The van der Waals surface area contributed by atoms with Crippen LogP contribution in [0.4, 0.5) is 0 Å². The zero-order valence-electron chi connectivity index (χ0n) is 12.4. The second-order valence-electron chi connectivity index (χ2n) is 6.12. The number of imidazole rings is 1. The van der Waals surface area contributed by atoms with E-state index in [1.165, 1.54) is 49.1 Å². The number of rotatable bonds is 4. The zero-order valence-corrected chi connectivity index (χ0v) is 13.2. The molecule has 0 aliphatic carbocycles. The predicted molar refractivity (Wildman–Crippen MR) is 86.7 cm³/mol. The van der Waals surface area contributed by atoms with Gasteiger partial charge in [-0.1, -0.05) is 19.1 Å². The highest BCUT2D eigenvalue weighted by atomic mass is 32.1. The Morgan fingerprint density at radius 2 is 2.00 bits per heavy atom. The Bertz CT molecular complexity index is 649. The molecule has 2 heterocycles. The maximum atomic E-state index is 5.51. The fourth-order valence-electron chi connectivity index (χ4n) is 3.28. The molecule has 0 amide bonds. The molecule has 0 radical (unpaired) electrons. The number of para-hydroxylation sites is 1. The Hall–Kier alpha value is -1.13. The molecule has 0 bridgehead atoms. The number of benzene rings is 1. The van der Waals surface area contributed by atoms with Crippen LogP contribution in [0.25, 0.3) is 11.0 Å². The van der Waals surface area contributed by atoms with Gasteiger partial charge in [-0.05, 0) is 62.6 Å². The number of aromatic amines is 1. The van der Waals surface area contributed by atoms with Crippen LogP contribution in [0.2, 0.25) is 0 Å². The summed E-state index contributed by atoms with van der Waals surface area (Å²) in [6.07, 6.45) is 2.72. The van der Waals surface area contributed by atoms with Crippen molar-refractivity contribution in [2.24, 2.45) is 5.92 Å². The minimum absolute atomic E-state index is 0.624. The molecule has 2 aromatic rings. The number of fused-ring (bicyclic) bond motifs is 1. The van der Waals surface area contributed by atoms with E-state index >= 15 is 0 Å². The largest absolute Gasteiger partial charge is 0.330 e. The van der Waals surface area contributed by atoms with E-state index in [1.54, 1.807) is 0 Å². The van der Waals surface area contributed by atoms with E-state index in [0.717, 1.165) is 11.3 Å². The van der Waals surface area contributed by atoms with Crippen LogP contribution in [-0.2, 0) is 6.54 Å². The van der Waals surface area contributed by atoms with E-state index in [-0.39, 0.29) is 0 Å². The molecule has 1 aromatic heterocycles. The van der Waals surface area contributed by atoms with Gasteiger partial charge >= 0.3 is 0 Å². The highest BCUT2D eigenvalue weighted by Gasteiger charge is 2.16. The Morgan fingerprint density at radius 1 is 1.25 bits per heavy atom. The van der Waals surface area contributed by atoms with Gasteiger partial charge in [0.15, 0.2) is 4.77 Å². The molecule has 1 unspecified atom stereocenters. The molecule has 3 nitrogen and oxygen atoms in total. The topological polar surface area (TPSA) is 24.0 Å². The van der Waals surface area contributed by atoms with Gasteiger partial charge in [0.25, 0.3) is 0 Å². The van der Waals surface area contributed by atoms with E-state index in [2.05, 4.69) is 46.5 Å². The minimum atomic E-state index is 0.624. The third kappa shape index (κ3) is 2.67. The number of nitrogens with one attached hydrogen (secondary N) is 1. The standard InChI is InChI=1S/C16H23N3S/c1-12(10-18-8-3-4-9-18)11-19-14-7-5-6-13(2)15(14)17-16(19)20/h5-7,12H,3-4,8-11H2,1-2H3,(H,17,20). The molecule has 1 N–H and O–H groups in total. The first kappa shape index (κ1) is 13.8. The lowest BCUT2D eigenvalue weighted by Gasteiger charge is -2.20. The Morgan fingerprint density at radius 3 is 2.75 bits per heavy atom. The van der Waals surface area contributed by atoms with Crippen LogP contribution in [0.3, 0.4) is 0 Å². The van der Waals surface area contributed by atoms with Crippen molar-refractivity contribution in [3.63, 3.8) is 0 Å². The number of likely N-dealkylation sites (tertiary alicyclic amines) is 1. The van der Waals surface area contributed by atoms with Crippen molar-refractivity contribution < 1.29 is 0 Å². The maximum absolute atomic E-state index is 5.51. The number of aryl methyl sites for hydroxylation is 1. The Kier molecular flexibility index (Phi) is 3.94. The van der Waals surface area contributed by atoms with E-state index < -0.39 is 0 Å². The molecular weight excluding hydrogens is 266 g/mol. The SMILES string of the molecule is Cc1cccc2c1[nH]c(=S)n2CC(C)CN1CCCC1. The second kappa shape index (κ2) is 5.70. The first-order chi connectivity index (χ1) is 9.65. The van der Waals surface area contributed by atoms with Gasteiger partial charge in [-0.3, -0.25) is 0 Å². The van der Waals surface area contributed by atoms with Crippen molar-refractivity contribution in [3.05, 3.63) is 28.5 Å². The van der Waals surface area contributed by atoms with E-state index in [1.807, 2.05) is 0 Å². The average molecular weight is 289 g/mol. The summed E-state index contributed by atoms with van der Waals surface area (Å²) < 4.78 is 3.11. The van der Waals surface area contributed by atoms with Crippen molar-refractivity contribution in [2.75, 3.05) is 19.6 Å². The third-order valence-corrected chi connectivity index (χ3v) is 4.60. The lowest BCUT2D eigenvalue weighted by atomic mass is 10.1. The molecule has 0 saturated carbocycles. The maximum Gasteiger partial charge on any atom is 0.178 e. The molecule has 1 aromatic carbocycles. The van der Waals surface area contributed by atoms with Crippen LogP contribution < -0.4 is 0 Å². The highest BCUT2D eigenvalue weighted by Crippen LogP contribution is 2.20. The summed E-state index contributed by atoms with van der Waals surface area (Å²) in [5.74, 6) is 0.624. The molecule has 1 aliphatic rings. The van der Waals surface area contributed by atoms with Crippen LogP contribution in [0.15, 0.2) is 18.2 Å². The fourth-order valence-corrected chi connectivity index (χ4v) is 3.56. The molecule has 1 saturated heterocycles. The number of aromatic nitrogens is 2. The molecule has 108 valence electrons. The molecule has 1 fully saturated rings. The van der Waals surface area contributed by atoms with Crippen molar-refractivity contribution in [2.45, 2.75) is 33.2 Å². The van der Waals surface area contributed by atoms with Crippen LogP contribution in [-0.4, -0.2) is 34.1 Å². The number of hydrogen-bond donors (Lipinski definition) is 1. The van der Waals surface area contributed by atoms with Gasteiger partial charge in [0.2, 0.25) is 0 Å². The summed E-state index contributed by atoms with van der Waals surface area (Å²) in [6, 6.07) is 6.41. The van der Waals surface area contributed by atoms with Gasteiger partial charge in [0, 0.05) is 13.1 Å². The van der Waals surface area contributed by atoms with Crippen LogP contribution in [0.1, 0.15) is 25.3 Å². The van der Waals surface area contributed by atoms with Crippen LogP contribution in [0.5, 0.6) is 0 Å². The lowest BCUT2D eigenvalue weighted by molar-refractivity contribution is 0.272. The Balaban J connectivity index is 1.81. The third-order valence-electron chi connectivity index (χ3n) is 4.28. The van der Waals surface area contributed by atoms with Gasteiger partial charge in [-0.2, -0.15) is 0 Å².